The zero-order valence-corrected chi connectivity index (χ0v) is 32.4. The molecule has 2 aromatic heterocycles. The smallest absolute Gasteiger partial charge is 0.0548 e. The summed E-state index contributed by atoms with van der Waals surface area (Å²) in [4.78, 5) is 4.66. The fraction of sp³-hybridized carbons (Fsp3) is 0. The van der Waals surface area contributed by atoms with Crippen LogP contribution < -0.4 is 9.80 Å². The molecular weight excluding hydrogens is 723 g/mol. The molecule has 0 aliphatic carbocycles. The molecule has 0 aliphatic rings. The molecule has 2 heterocycles. The Morgan fingerprint density at radius 2 is 0.793 bits per heavy atom. The SMILES string of the molecule is c1ccc(N(c2ccccc2)c2cccc(-c3ccc4c5cc6sc7ccccc7c6cc5n(-c5cccc(N(c6ccccc6)c6ccccc6)c5)c4c3)c2)cc1. The molecule has 58 heavy (non-hydrogen) atoms. The zero-order valence-electron chi connectivity index (χ0n) is 31.6. The summed E-state index contributed by atoms with van der Waals surface area (Å²) in [6.07, 6.45) is 0. The minimum absolute atomic E-state index is 1.10. The van der Waals surface area contributed by atoms with Crippen LogP contribution in [-0.2, 0) is 0 Å². The predicted molar refractivity (Wildman–Crippen MR) is 248 cm³/mol. The number of para-hydroxylation sites is 4. The molecule has 0 radical (unpaired) electrons. The molecule has 0 atom stereocenters. The summed E-state index contributed by atoms with van der Waals surface area (Å²) in [5.41, 5.74) is 12.5. The third kappa shape index (κ3) is 5.90. The maximum Gasteiger partial charge on any atom is 0.0548 e. The van der Waals surface area contributed by atoms with Gasteiger partial charge in [0.1, 0.15) is 0 Å². The maximum absolute atomic E-state index is 2.47. The van der Waals surface area contributed by atoms with Crippen LogP contribution in [0.4, 0.5) is 34.1 Å². The van der Waals surface area contributed by atoms with Crippen LogP contribution >= 0.6 is 11.3 Å². The molecule has 0 saturated carbocycles. The maximum atomic E-state index is 2.47. The van der Waals surface area contributed by atoms with Crippen molar-refractivity contribution in [1.82, 2.24) is 4.57 Å². The fourth-order valence-electron chi connectivity index (χ4n) is 8.49. The molecule has 0 saturated heterocycles. The minimum atomic E-state index is 1.10. The summed E-state index contributed by atoms with van der Waals surface area (Å²) in [5, 5.41) is 5.08. The van der Waals surface area contributed by atoms with Gasteiger partial charge in [-0.2, -0.15) is 0 Å². The summed E-state index contributed by atoms with van der Waals surface area (Å²) in [5.74, 6) is 0. The van der Waals surface area contributed by atoms with Crippen molar-refractivity contribution in [3.63, 3.8) is 0 Å². The lowest BCUT2D eigenvalue weighted by molar-refractivity contribution is 1.17. The van der Waals surface area contributed by atoms with E-state index in [9.17, 15) is 0 Å². The number of fused-ring (bicyclic) bond motifs is 6. The number of hydrogen-bond donors (Lipinski definition) is 0. The second-order valence-electron chi connectivity index (χ2n) is 14.6. The second kappa shape index (κ2) is 14.3. The van der Waals surface area contributed by atoms with E-state index in [1.54, 1.807) is 0 Å². The Balaban J connectivity index is 1.13. The van der Waals surface area contributed by atoms with Crippen molar-refractivity contribution in [3.8, 4) is 16.8 Å². The van der Waals surface area contributed by atoms with Gasteiger partial charge in [-0.1, -0.05) is 121 Å². The Labute approximate surface area is 341 Å². The number of thiophene rings is 1. The molecule has 11 aromatic rings. The van der Waals surface area contributed by atoms with Crippen molar-refractivity contribution in [3.05, 3.63) is 224 Å². The van der Waals surface area contributed by atoms with Crippen LogP contribution in [0.15, 0.2) is 224 Å². The van der Waals surface area contributed by atoms with Gasteiger partial charge >= 0.3 is 0 Å². The van der Waals surface area contributed by atoms with Crippen molar-refractivity contribution in [2.75, 3.05) is 9.80 Å². The van der Waals surface area contributed by atoms with Gasteiger partial charge in [-0.25, -0.2) is 0 Å². The van der Waals surface area contributed by atoms with E-state index in [2.05, 4.69) is 239 Å². The fourth-order valence-corrected chi connectivity index (χ4v) is 9.62. The molecule has 0 amide bonds. The number of rotatable bonds is 8. The Bertz CT molecular complexity index is 3150. The molecule has 0 N–H and O–H groups in total. The standard InChI is InChI=1S/C54H37N3S/c1-5-18-40(19-6-1)55(41-20-7-2-8-21-41)44-26-15-17-38(33-44)39-31-32-47-49-37-54-50(48-29-13-14-30-53(48)58-54)36-52(49)57(51(47)34-39)46-28-16-27-45(35-46)56(42-22-9-3-10-23-42)43-24-11-4-12-25-43/h1-37H. The highest BCUT2D eigenvalue weighted by molar-refractivity contribution is 7.25. The third-order valence-electron chi connectivity index (χ3n) is 11.1. The van der Waals surface area contributed by atoms with Crippen molar-refractivity contribution in [1.29, 1.82) is 0 Å². The van der Waals surface area contributed by atoms with E-state index in [0.717, 1.165) is 50.9 Å². The van der Waals surface area contributed by atoms with E-state index in [1.807, 2.05) is 11.3 Å². The first kappa shape index (κ1) is 33.9. The van der Waals surface area contributed by atoms with Gasteiger partial charge in [-0.05, 0) is 114 Å². The molecular formula is C54H37N3S. The topological polar surface area (TPSA) is 11.4 Å². The van der Waals surface area contributed by atoms with Crippen LogP contribution in [0.1, 0.15) is 0 Å². The second-order valence-corrected chi connectivity index (χ2v) is 15.7. The van der Waals surface area contributed by atoms with Gasteiger partial charge in [-0.3, -0.25) is 0 Å². The van der Waals surface area contributed by atoms with Crippen molar-refractivity contribution >= 4 is 87.4 Å². The molecule has 9 aromatic carbocycles. The van der Waals surface area contributed by atoms with Crippen LogP contribution in [0.25, 0.3) is 58.8 Å². The summed E-state index contributed by atoms with van der Waals surface area (Å²) < 4.78 is 5.09. The molecule has 11 rings (SSSR count). The van der Waals surface area contributed by atoms with Crippen LogP contribution in [-0.4, -0.2) is 4.57 Å². The zero-order chi connectivity index (χ0) is 38.4. The highest BCUT2D eigenvalue weighted by atomic mass is 32.1. The molecule has 3 nitrogen and oxygen atoms in total. The summed E-state index contributed by atoms with van der Waals surface area (Å²) in [7, 11) is 0. The first-order valence-electron chi connectivity index (χ1n) is 19.7. The number of nitrogens with zero attached hydrogens (tertiary/aromatic N) is 3. The summed E-state index contributed by atoms with van der Waals surface area (Å²) in [6, 6.07) is 81.0. The number of hydrogen-bond acceptors (Lipinski definition) is 3. The van der Waals surface area contributed by atoms with E-state index in [0.29, 0.717) is 0 Å². The lowest BCUT2D eigenvalue weighted by atomic mass is 10.0. The monoisotopic (exact) mass is 759 g/mol. The number of benzene rings is 9. The first-order chi connectivity index (χ1) is 28.8. The number of aromatic nitrogens is 1. The van der Waals surface area contributed by atoms with Crippen LogP contribution in [0.2, 0.25) is 0 Å². The van der Waals surface area contributed by atoms with Crippen molar-refractivity contribution < 1.29 is 0 Å². The number of anilines is 6. The summed E-state index contributed by atoms with van der Waals surface area (Å²) in [6.45, 7) is 0. The lowest BCUT2D eigenvalue weighted by Gasteiger charge is -2.26. The van der Waals surface area contributed by atoms with Gasteiger partial charge in [0.2, 0.25) is 0 Å². The van der Waals surface area contributed by atoms with Crippen LogP contribution in [0.3, 0.4) is 0 Å². The summed E-state index contributed by atoms with van der Waals surface area (Å²) >= 11 is 1.87. The molecule has 0 fully saturated rings. The van der Waals surface area contributed by atoms with Gasteiger partial charge in [0.15, 0.2) is 0 Å². The van der Waals surface area contributed by atoms with Gasteiger partial charge in [0.25, 0.3) is 0 Å². The van der Waals surface area contributed by atoms with E-state index in [-0.39, 0.29) is 0 Å². The first-order valence-corrected chi connectivity index (χ1v) is 20.5. The van der Waals surface area contributed by atoms with Crippen LogP contribution in [0, 0.1) is 0 Å². The third-order valence-corrected chi connectivity index (χ3v) is 12.2. The van der Waals surface area contributed by atoms with Crippen LogP contribution in [0.5, 0.6) is 0 Å². The van der Waals surface area contributed by atoms with E-state index < -0.39 is 0 Å². The lowest BCUT2D eigenvalue weighted by Crippen LogP contribution is -2.10. The van der Waals surface area contributed by atoms with Gasteiger partial charge in [-0.15, -0.1) is 11.3 Å². The Morgan fingerprint density at radius 3 is 1.41 bits per heavy atom. The van der Waals surface area contributed by atoms with E-state index in [1.165, 1.54) is 42.0 Å². The normalized spacial score (nSPS) is 11.4. The van der Waals surface area contributed by atoms with E-state index in [4.69, 9.17) is 0 Å². The molecule has 0 bridgehead atoms. The van der Waals surface area contributed by atoms with Crippen molar-refractivity contribution in [2.24, 2.45) is 0 Å². The average Bonchev–Trinajstić information content (AvgIpc) is 3.82. The molecule has 274 valence electrons. The molecule has 0 aliphatic heterocycles. The van der Waals surface area contributed by atoms with Gasteiger partial charge in [0, 0.05) is 70.8 Å². The molecule has 4 heteroatoms. The van der Waals surface area contributed by atoms with Crippen molar-refractivity contribution in [2.45, 2.75) is 0 Å². The quantitative estimate of drug-likeness (QED) is 0.153. The van der Waals surface area contributed by atoms with E-state index >= 15 is 0 Å². The van der Waals surface area contributed by atoms with Gasteiger partial charge < -0.3 is 14.4 Å². The largest absolute Gasteiger partial charge is 0.310 e. The highest BCUT2D eigenvalue weighted by Gasteiger charge is 2.19. The Morgan fingerprint density at radius 1 is 0.293 bits per heavy atom. The predicted octanol–water partition coefficient (Wildman–Crippen LogP) is 15.8. The minimum Gasteiger partial charge on any atom is -0.310 e. The molecule has 0 unspecified atom stereocenters. The van der Waals surface area contributed by atoms with Gasteiger partial charge in [0.05, 0.1) is 11.0 Å². The highest BCUT2D eigenvalue weighted by Crippen LogP contribution is 2.43. The average molecular weight is 760 g/mol. The Hall–Kier alpha value is -7.40. The Kier molecular flexibility index (Phi) is 8.34. The molecule has 0 spiro atoms.